The minimum absolute atomic E-state index is 0.796. The topological polar surface area (TPSA) is 42.1 Å². The molecule has 0 aliphatic carbocycles. The molecule has 1 aromatic carbocycles. The van der Waals surface area contributed by atoms with Crippen LogP contribution in [0.4, 0.5) is 11.5 Å². The van der Waals surface area contributed by atoms with Crippen LogP contribution in [0.15, 0.2) is 41.0 Å². The molecule has 4 heteroatoms. The van der Waals surface area contributed by atoms with E-state index in [2.05, 4.69) is 45.7 Å². The number of benzene rings is 1. The highest BCUT2D eigenvalue weighted by Gasteiger charge is 2.12. The van der Waals surface area contributed by atoms with Gasteiger partial charge in [-0.1, -0.05) is 12.1 Å². The largest absolute Gasteiger partial charge is 0.399 e. The van der Waals surface area contributed by atoms with E-state index in [1.54, 1.807) is 0 Å². The molecule has 2 N–H and O–H groups in total. The minimum Gasteiger partial charge on any atom is -0.399 e. The third-order valence-corrected chi connectivity index (χ3v) is 4.05. The summed E-state index contributed by atoms with van der Waals surface area (Å²) in [6.07, 6.45) is 1.84. The average Bonchev–Trinajstić information content (AvgIpc) is 2.40. The van der Waals surface area contributed by atoms with Crippen LogP contribution in [0.5, 0.6) is 0 Å². The summed E-state index contributed by atoms with van der Waals surface area (Å²) in [7, 11) is 0. The Hall–Kier alpha value is -1.55. The monoisotopic (exact) mass is 319 g/mol. The van der Waals surface area contributed by atoms with E-state index in [0.29, 0.717) is 0 Å². The highest BCUT2D eigenvalue weighted by Crippen LogP contribution is 2.27. The Kier molecular flexibility index (Phi) is 4.43. The van der Waals surface area contributed by atoms with Gasteiger partial charge in [0.25, 0.3) is 0 Å². The first kappa shape index (κ1) is 13.9. The third kappa shape index (κ3) is 3.26. The van der Waals surface area contributed by atoms with Crippen molar-refractivity contribution in [2.45, 2.75) is 20.4 Å². The van der Waals surface area contributed by atoms with Crippen LogP contribution in [-0.4, -0.2) is 11.5 Å². The summed E-state index contributed by atoms with van der Waals surface area (Å²) in [5.74, 6) is 0.977. The van der Waals surface area contributed by atoms with E-state index in [4.69, 9.17) is 5.73 Å². The smallest absolute Gasteiger partial charge is 0.143 e. The molecule has 1 heterocycles. The second-order valence-corrected chi connectivity index (χ2v) is 5.32. The maximum Gasteiger partial charge on any atom is 0.143 e. The lowest BCUT2D eigenvalue weighted by Gasteiger charge is -2.24. The number of hydrogen-bond acceptors (Lipinski definition) is 3. The van der Waals surface area contributed by atoms with Crippen LogP contribution < -0.4 is 10.6 Å². The minimum atomic E-state index is 0.796. The first-order valence-electron chi connectivity index (χ1n) is 6.32. The Morgan fingerprint density at radius 3 is 2.79 bits per heavy atom. The molecule has 0 bridgehead atoms. The van der Waals surface area contributed by atoms with Crippen LogP contribution in [0.1, 0.15) is 18.1 Å². The molecule has 0 atom stereocenters. The molecule has 3 nitrogen and oxygen atoms in total. The van der Waals surface area contributed by atoms with Crippen LogP contribution in [0.2, 0.25) is 0 Å². The van der Waals surface area contributed by atoms with Crippen molar-refractivity contribution in [2.75, 3.05) is 17.2 Å². The summed E-state index contributed by atoms with van der Waals surface area (Å²) in [5.41, 5.74) is 9.00. The molecule has 0 radical (unpaired) electrons. The quantitative estimate of drug-likeness (QED) is 0.872. The Bertz CT molecular complexity index is 569. The SMILES string of the molecule is CCN(Cc1cccc(N)c1)c1nccc(C)c1Br. The van der Waals surface area contributed by atoms with Gasteiger partial charge >= 0.3 is 0 Å². The van der Waals surface area contributed by atoms with Crippen molar-refractivity contribution in [1.29, 1.82) is 0 Å². The first-order valence-corrected chi connectivity index (χ1v) is 7.11. The number of nitrogen functional groups attached to an aromatic ring is 1. The van der Waals surface area contributed by atoms with Crippen molar-refractivity contribution in [1.82, 2.24) is 4.98 Å². The number of hydrogen-bond donors (Lipinski definition) is 1. The zero-order valence-electron chi connectivity index (χ0n) is 11.2. The lowest BCUT2D eigenvalue weighted by atomic mass is 10.2. The Morgan fingerprint density at radius 1 is 1.32 bits per heavy atom. The summed E-state index contributed by atoms with van der Waals surface area (Å²) < 4.78 is 1.06. The average molecular weight is 320 g/mol. The van der Waals surface area contributed by atoms with Crippen molar-refractivity contribution >= 4 is 27.4 Å². The van der Waals surface area contributed by atoms with Crippen LogP contribution in [0.25, 0.3) is 0 Å². The van der Waals surface area contributed by atoms with Gasteiger partial charge in [0.1, 0.15) is 5.82 Å². The van der Waals surface area contributed by atoms with Gasteiger partial charge < -0.3 is 10.6 Å². The molecule has 0 saturated heterocycles. The van der Waals surface area contributed by atoms with Crippen molar-refractivity contribution < 1.29 is 0 Å². The summed E-state index contributed by atoms with van der Waals surface area (Å²) >= 11 is 3.62. The van der Waals surface area contributed by atoms with Crippen molar-refractivity contribution in [3.8, 4) is 0 Å². The second kappa shape index (κ2) is 6.06. The summed E-state index contributed by atoms with van der Waals surface area (Å²) in [4.78, 5) is 6.70. The normalized spacial score (nSPS) is 10.5. The number of pyridine rings is 1. The van der Waals surface area contributed by atoms with Crippen LogP contribution in [0, 0.1) is 6.92 Å². The molecular weight excluding hydrogens is 302 g/mol. The van der Waals surface area contributed by atoms with Gasteiger partial charge in [-0.05, 0) is 59.1 Å². The van der Waals surface area contributed by atoms with Crippen molar-refractivity contribution in [3.05, 3.63) is 52.1 Å². The molecule has 0 aliphatic rings. The van der Waals surface area contributed by atoms with Gasteiger partial charge in [0.15, 0.2) is 0 Å². The predicted molar refractivity (Wildman–Crippen MR) is 84.3 cm³/mol. The Labute approximate surface area is 122 Å². The molecule has 2 rings (SSSR count). The maximum absolute atomic E-state index is 5.83. The molecule has 0 fully saturated rings. The number of halogens is 1. The maximum atomic E-state index is 5.83. The summed E-state index contributed by atoms with van der Waals surface area (Å²) in [5, 5.41) is 0. The van der Waals surface area contributed by atoms with E-state index < -0.39 is 0 Å². The molecule has 0 spiro atoms. The number of nitrogens with two attached hydrogens (primary N) is 1. The van der Waals surface area contributed by atoms with Gasteiger partial charge in [0.2, 0.25) is 0 Å². The number of aryl methyl sites for hydroxylation is 1. The Balaban J connectivity index is 2.28. The van der Waals surface area contributed by atoms with Gasteiger partial charge in [0, 0.05) is 25.0 Å². The molecule has 100 valence electrons. The molecule has 0 unspecified atom stereocenters. The highest BCUT2D eigenvalue weighted by molar-refractivity contribution is 9.10. The highest BCUT2D eigenvalue weighted by atomic mass is 79.9. The number of aromatic nitrogens is 1. The Morgan fingerprint density at radius 2 is 2.11 bits per heavy atom. The third-order valence-electron chi connectivity index (χ3n) is 3.07. The van der Waals surface area contributed by atoms with E-state index in [1.165, 1.54) is 11.1 Å². The van der Waals surface area contributed by atoms with Gasteiger partial charge in [0.05, 0.1) is 4.47 Å². The number of rotatable bonds is 4. The predicted octanol–water partition coefficient (Wildman–Crippen LogP) is 3.76. The standard InChI is InChI=1S/C15H18BrN3/c1-3-19(10-12-5-4-6-13(17)9-12)15-14(16)11(2)7-8-18-15/h4-9H,3,10,17H2,1-2H3. The van der Waals surface area contributed by atoms with Crippen molar-refractivity contribution in [2.24, 2.45) is 0 Å². The van der Waals surface area contributed by atoms with Gasteiger partial charge in [-0.25, -0.2) is 4.98 Å². The van der Waals surface area contributed by atoms with Gasteiger partial charge in [-0.3, -0.25) is 0 Å². The fourth-order valence-corrected chi connectivity index (χ4v) is 2.48. The summed E-state index contributed by atoms with van der Waals surface area (Å²) in [6, 6.07) is 9.98. The van der Waals surface area contributed by atoms with Crippen LogP contribution >= 0.6 is 15.9 Å². The first-order chi connectivity index (χ1) is 9.11. The fraction of sp³-hybridized carbons (Fsp3) is 0.267. The molecule has 2 aromatic rings. The van der Waals surface area contributed by atoms with Gasteiger partial charge in [-0.2, -0.15) is 0 Å². The van der Waals surface area contributed by atoms with E-state index in [1.807, 2.05) is 30.5 Å². The zero-order valence-corrected chi connectivity index (χ0v) is 12.8. The lowest BCUT2D eigenvalue weighted by Crippen LogP contribution is -2.23. The number of anilines is 2. The van der Waals surface area contributed by atoms with Crippen LogP contribution in [0.3, 0.4) is 0 Å². The molecule has 19 heavy (non-hydrogen) atoms. The zero-order chi connectivity index (χ0) is 13.8. The fourth-order valence-electron chi connectivity index (χ4n) is 1.99. The second-order valence-electron chi connectivity index (χ2n) is 4.52. The van der Waals surface area contributed by atoms with Gasteiger partial charge in [-0.15, -0.1) is 0 Å². The molecule has 1 aromatic heterocycles. The lowest BCUT2D eigenvalue weighted by molar-refractivity contribution is 0.810. The summed E-state index contributed by atoms with van der Waals surface area (Å²) in [6.45, 7) is 5.90. The van der Waals surface area contributed by atoms with E-state index in [-0.39, 0.29) is 0 Å². The molecular formula is C15H18BrN3. The van der Waals surface area contributed by atoms with E-state index >= 15 is 0 Å². The van der Waals surface area contributed by atoms with E-state index in [9.17, 15) is 0 Å². The molecule has 0 saturated carbocycles. The molecule has 0 aliphatic heterocycles. The molecule has 0 amide bonds. The number of nitrogens with zero attached hydrogens (tertiary/aromatic N) is 2. The van der Waals surface area contributed by atoms with Crippen LogP contribution in [-0.2, 0) is 6.54 Å². The van der Waals surface area contributed by atoms with Crippen molar-refractivity contribution in [3.63, 3.8) is 0 Å². The van der Waals surface area contributed by atoms with E-state index in [0.717, 1.165) is 29.1 Å².